The van der Waals surface area contributed by atoms with Crippen LogP contribution in [0.1, 0.15) is 13.3 Å². The number of benzene rings is 1. The number of carbonyl (C=O) groups excluding carboxylic acids is 2. The van der Waals surface area contributed by atoms with Crippen molar-refractivity contribution >= 4 is 28.5 Å². The summed E-state index contributed by atoms with van der Waals surface area (Å²) in [6.07, 6.45) is 0.304. The quantitative estimate of drug-likeness (QED) is 0.856. The molecule has 0 spiro atoms. The zero-order chi connectivity index (χ0) is 14.0. The van der Waals surface area contributed by atoms with Crippen molar-refractivity contribution < 1.29 is 18.4 Å². The molecule has 1 aromatic carbocycles. The third-order valence-corrected chi connectivity index (χ3v) is 3.93. The minimum Gasteiger partial charge on any atom is -0.312 e. The van der Waals surface area contributed by atoms with Crippen LogP contribution in [-0.2, 0) is 9.59 Å². The van der Waals surface area contributed by atoms with Crippen LogP contribution in [0.15, 0.2) is 18.2 Å². The molecular weight excluding hydrogens is 272 g/mol. The lowest BCUT2D eigenvalue weighted by Gasteiger charge is -2.16. The summed E-state index contributed by atoms with van der Waals surface area (Å²) in [5.74, 6) is -0.990. The average molecular weight is 285 g/mol. The topological polar surface area (TPSA) is 37.4 Å². The molecule has 102 valence electrons. The monoisotopic (exact) mass is 285 g/mol. The summed E-state index contributed by atoms with van der Waals surface area (Å²) in [5.41, 5.74) is 0.234. The molecule has 1 heterocycles. The minimum absolute atomic E-state index is 0.00250. The molecule has 0 aliphatic carbocycles. The van der Waals surface area contributed by atoms with Crippen molar-refractivity contribution in [1.29, 1.82) is 0 Å². The third kappa shape index (κ3) is 3.53. The maximum atomic E-state index is 13.1. The summed E-state index contributed by atoms with van der Waals surface area (Å²) in [7, 11) is 0. The van der Waals surface area contributed by atoms with E-state index >= 15 is 0 Å². The molecule has 0 aromatic heterocycles. The van der Waals surface area contributed by atoms with E-state index in [1.807, 2.05) is 0 Å². The van der Waals surface area contributed by atoms with Gasteiger partial charge >= 0.3 is 0 Å². The Balaban J connectivity index is 2.09. The standard InChI is InChI=1S/C13H13F2NO2S/c1-8(17)19-7-9-2-13(18)16(6-9)12-4-10(14)3-11(15)5-12/h3-5,9H,2,6-7H2,1H3. The minimum atomic E-state index is -0.704. The van der Waals surface area contributed by atoms with Gasteiger partial charge in [0.15, 0.2) is 5.12 Å². The number of carbonyl (C=O) groups is 2. The highest BCUT2D eigenvalue weighted by atomic mass is 32.2. The Morgan fingerprint density at radius 1 is 1.37 bits per heavy atom. The zero-order valence-corrected chi connectivity index (χ0v) is 11.2. The Morgan fingerprint density at radius 3 is 2.58 bits per heavy atom. The molecule has 1 unspecified atom stereocenters. The first-order valence-corrected chi connectivity index (χ1v) is 6.84. The molecule has 1 aliphatic rings. The van der Waals surface area contributed by atoms with Crippen molar-refractivity contribution in [3.05, 3.63) is 29.8 Å². The Kier molecular flexibility index (Phi) is 4.19. The van der Waals surface area contributed by atoms with Crippen LogP contribution >= 0.6 is 11.8 Å². The number of nitrogens with zero attached hydrogens (tertiary/aromatic N) is 1. The van der Waals surface area contributed by atoms with Gasteiger partial charge in [-0.3, -0.25) is 9.59 Å². The Bertz CT molecular complexity index is 501. The summed E-state index contributed by atoms with van der Waals surface area (Å²) in [4.78, 5) is 24.1. The summed E-state index contributed by atoms with van der Waals surface area (Å²) < 4.78 is 26.3. The molecule has 1 aromatic rings. The lowest BCUT2D eigenvalue weighted by atomic mass is 10.1. The van der Waals surface area contributed by atoms with Gasteiger partial charge in [-0.2, -0.15) is 0 Å². The number of anilines is 1. The molecule has 19 heavy (non-hydrogen) atoms. The van der Waals surface area contributed by atoms with E-state index in [-0.39, 0.29) is 22.6 Å². The number of hydrogen-bond acceptors (Lipinski definition) is 3. The number of halogens is 2. The van der Waals surface area contributed by atoms with Crippen molar-refractivity contribution in [1.82, 2.24) is 0 Å². The SMILES string of the molecule is CC(=O)SCC1CC(=O)N(c2cc(F)cc(F)c2)C1. The van der Waals surface area contributed by atoms with E-state index in [4.69, 9.17) is 0 Å². The molecule has 1 fully saturated rings. The lowest BCUT2D eigenvalue weighted by molar-refractivity contribution is -0.117. The zero-order valence-electron chi connectivity index (χ0n) is 10.4. The second kappa shape index (κ2) is 5.69. The van der Waals surface area contributed by atoms with Gasteiger partial charge in [-0.25, -0.2) is 8.78 Å². The van der Waals surface area contributed by atoms with Gasteiger partial charge in [0.25, 0.3) is 0 Å². The summed E-state index contributed by atoms with van der Waals surface area (Å²) in [5, 5.41) is 0.00250. The molecule has 1 amide bonds. The van der Waals surface area contributed by atoms with Gasteiger partial charge in [0.2, 0.25) is 5.91 Å². The van der Waals surface area contributed by atoms with Crippen molar-refractivity contribution in [2.75, 3.05) is 17.2 Å². The molecule has 0 bridgehead atoms. The molecular formula is C13H13F2NO2S. The molecule has 0 saturated carbocycles. The second-order valence-electron chi connectivity index (χ2n) is 4.50. The van der Waals surface area contributed by atoms with Crippen molar-refractivity contribution in [3.63, 3.8) is 0 Å². The normalized spacial score (nSPS) is 19.0. The van der Waals surface area contributed by atoms with Crippen LogP contribution in [-0.4, -0.2) is 23.3 Å². The van der Waals surface area contributed by atoms with Gasteiger partial charge in [0, 0.05) is 37.4 Å². The van der Waals surface area contributed by atoms with Gasteiger partial charge in [-0.1, -0.05) is 11.8 Å². The van der Waals surface area contributed by atoms with Gasteiger partial charge in [-0.05, 0) is 18.1 Å². The van der Waals surface area contributed by atoms with Gasteiger partial charge < -0.3 is 4.90 Å². The Labute approximate surface area is 114 Å². The molecule has 0 N–H and O–H groups in total. The Morgan fingerprint density at radius 2 is 2.00 bits per heavy atom. The van der Waals surface area contributed by atoms with E-state index in [1.54, 1.807) is 0 Å². The lowest BCUT2D eigenvalue weighted by Crippen LogP contribution is -2.25. The summed E-state index contributed by atoms with van der Waals surface area (Å²) in [6, 6.07) is 3.05. The van der Waals surface area contributed by atoms with Crippen LogP contribution in [0.4, 0.5) is 14.5 Å². The number of thioether (sulfide) groups is 1. The fraction of sp³-hybridized carbons (Fsp3) is 0.385. The van der Waals surface area contributed by atoms with Crippen LogP contribution < -0.4 is 4.90 Å². The molecule has 3 nitrogen and oxygen atoms in total. The van der Waals surface area contributed by atoms with E-state index in [2.05, 4.69) is 0 Å². The second-order valence-corrected chi connectivity index (χ2v) is 5.70. The highest BCUT2D eigenvalue weighted by Crippen LogP contribution is 2.28. The first kappa shape index (κ1) is 14.0. The molecule has 6 heteroatoms. The number of amides is 1. The fourth-order valence-corrected chi connectivity index (χ4v) is 2.77. The molecule has 0 radical (unpaired) electrons. The van der Waals surface area contributed by atoms with Crippen LogP contribution in [0.2, 0.25) is 0 Å². The third-order valence-electron chi connectivity index (χ3n) is 2.89. The van der Waals surface area contributed by atoms with Crippen LogP contribution in [0.3, 0.4) is 0 Å². The average Bonchev–Trinajstić information content (AvgIpc) is 2.66. The van der Waals surface area contributed by atoms with Crippen LogP contribution in [0.25, 0.3) is 0 Å². The molecule has 2 rings (SSSR count). The van der Waals surface area contributed by atoms with Gasteiger partial charge in [-0.15, -0.1) is 0 Å². The highest BCUT2D eigenvalue weighted by Gasteiger charge is 2.31. The maximum Gasteiger partial charge on any atom is 0.227 e. The van der Waals surface area contributed by atoms with Crippen LogP contribution in [0, 0.1) is 17.6 Å². The van der Waals surface area contributed by atoms with E-state index < -0.39 is 11.6 Å². The summed E-state index contributed by atoms with van der Waals surface area (Å²) in [6.45, 7) is 1.86. The highest BCUT2D eigenvalue weighted by molar-refractivity contribution is 8.13. The first-order chi connectivity index (χ1) is 8.95. The van der Waals surface area contributed by atoms with E-state index in [1.165, 1.54) is 23.6 Å². The van der Waals surface area contributed by atoms with Crippen molar-refractivity contribution in [2.45, 2.75) is 13.3 Å². The Hall–Kier alpha value is -1.43. The molecule has 1 atom stereocenters. The fourth-order valence-electron chi connectivity index (χ4n) is 2.07. The smallest absolute Gasteiger partial charge is 0.227 e. The van der Waals surface area contributed by atoms with E-state index in [0.717, 1.165) is 18.2 Å². The van der Waals surface area contributed by atoms with Crippen molar-refractivity contribution in [3.8, 4) is 0 Å². The van der Waals surface area contributed by atoms with Crippen molar-refractivity contribution in [2.24, 2.45) is 5.92 Å². The molecule has 1 aliphatic heterocycles. The van der Waals surface area contributed by atoms with E-state index in [0.29, 0.717) is 18.7 Å². The van der Waals surface area contributed by atoms with Crippen LogP contribution in [0.5, 0.6) is 0 Å². The predicted octanol–water partition coefficient (Wildman–Crippen LogP) is 2.60. The predicted molar refractivity (Wildman–Crippen MR) is 70.0 cm³/mol. The van der Waals surface area contributed by atoms with Gasteiger partial charge in [0.1, 0.15) is 11.6 Å². The molecule has 1 saturated heterocycles. The number of hydrogen-bond donors (Lipinski definition) is 0. The van der Waals surface area contributed by atoms with E-state index in [9.17, 15) is 18.4 Å². The largest absolute Gasteiger partial charge is 0.312 e. The number of rotatable bonds is 3. The van der Waals surface area contributed by atoms with Gasteiger partial charge in [0.05, 0.1) is 0 Å². The summed E-state index contributed by atoms with van der Waals surface area (Å²) >= 11 is 1.17. The maximum absolute atomic E-state index is 13.1. The first-order valence-electron chi connectivity index (χ1n) is 5.85.